The maximum Gasteiger partial charge on any atom is 0.129 e. The second kappa shape index (κ2) is 6.14. The number of aromatic nitrogens is 3. The van der Waals surface area contributed by atoms with E-state index in [4.69, 9.17) is 17.4 Å². The number of nitrogens with zero attached hydrogens (tertiary/aromatic N) is 3. The van der Waals surface area contributed by atoms with Gasteiger partial charge < -0.3 is 0 Å². The average Bonchev–Trinajstić information content (AvgIpc) is 2.78. The number of pyridine rings is 1. The van der Waals surface area contributed by atoms with Crippen molar-refractivity contribution in [3.8, 4) is 0 Å². The zero-order valence-electron chi connectivity index (χ0n) is 11.1. The second-order valence-corrected chi connectivity index (χ2v) is 4.83. The molecule has 0 spiro atoms. The summed E-state index contributed by atoms with van der Waals surface area (Å²) in [7, 11) is 1.95. The third kappa shape index (κ3) is 3.32. The van der Waals surface area contributed by atoms with Gasteiger partial charge in [-0.25, -0.2) is 4.98 Å². The Morgan fingerprint density at radius 1 is 1.47 bits per heavy atom. The van der Waals surface area contributed by atoms with Crippen molar-refractivity contribution in [1.29, 1.82) is 0 Å². The molecule has 0 bridgehead atoms. The fraction of sp³-hybridized carbons (Fsp3) is 0.385. The van der Waals surface area contributed by atoms with Crippen LogP contribution in [0.3, 0.4) is 0 Å². The molecule has 2 heterocycles. The van der Waals surface area contributed by atoms with Gasteiger partial charge in [0.1, 0.15) is 5.15 Å². The number of hydrogen-bond donors (Lipinski definition) is 2. The van der Waals surface area contributed by atoms with Gasteiger partial charge >= 0.3 is 0 Å². The van der Waals surface area contributed by atoms with Crippen LogP contribution < -0.4 is 11.3 Å². The Morgan fingerprint density at radius 2 is 2.26 bits per heavy atom. The zero-order valence-corrected chi connectivity index (χ0v) is 11.9. The normalized spacial score (nSPS) is 12.6. The molecule has 6 heteroatoms. The fourth-order valence-electron chi connectivity index (χ4n) is 2.01. The highest BCUT2D eigenvalue weighted by molar-refractivity contribution is 6.29. The zero-order chi connectivity index (χ0) is 13.8. The standard InChI is InChI=1S/C13H18ClN5/c1-3-10-6-11(19(2)18-10)7-12(17-15)9-4-5-13(14)16-8-9/h4-6,8,12,17H,3,7,15H2,1-2H3. The first-order chi connectivity index (χ1) is 9.13. The molecule has 0 aliphatic heterocycles. The first-order valence-corrected chi connectivity index (χ1v) is 6.61. The predicted octanol–water partition coefficient (Wildman–Crippen LogP) is 1.78. The van der Waals surface area contributed by atoms with E-state index in [1.807, 2.05) is 17.8 Å². The molecule has 1 atom stereocenters. The summed E-state index contributed by atoms with van der Waals surface area (Å²) in [5, 5.41) is 4.92. The van der Waals surface area contributed by atoms with E-state index in [2.05, 4.69) is 28.5 Å². The Hall–Kier alpha value is -1.43. The Labute approximate surface area is 117 Å². The van der Waals surface area contributed by atoms with Crippen LogP contribution in [0.2, 0.25) is 5.15 Å². The van der Waals surface area contributed by atoms with Gasteiger partial charge in [-0.3, -0.25) is 16.0 Å². The maximum absolute atomic E-state index is 5.79. The quantitative estimate of drug-likeness (QED) is 0.497. The summed E-state index contributed by atoms with van der Waals surface area (Å²) in [6, 6.07) is 5.79. The molecule has 0 aromatic carbocycles. The number of nitrogens with one attached hydrogen (secondary N) is 1. The molecule has 0 amide bonds. The second-order valence-electron chi connectivity index (χ2n) is 4.44. The first kappa shape index (κ1) is 14.0. The van der Waals surface area contributed by atoms with Crippen LogP contribution in [0.1, 0.15) is 29.9 Å². The molecule has 0 saturated carbocycles. The van der Waals surface area contributed by atoms with E-state index in [9.17, 15) is 0 Å². The number of hydrazine groups is 1. The molecular weight excluding hydrogens is 262 g/mol. The molecule has 0 saturated heterocycles. The van der Waals surface area contributed by atoms with Gasteiger partial charge in [0.2, 0.25) is 0 Å². The van der Waals surface area contributed by atoms with Crippen molar-refractivity contribution in [2.75, 3.05) is 0 Å². The highest BCUT2D eigenvalue weighted by atomic mass is 35.5. The van der Waals surface area contributed by atoms with Crippen molar-refractivity contribution in [2.24, 2.45) is 12.9 Å². The van der Waals surface area contributed by atoms with E-state index >= 15 is 0 Å². The summed E-state index contributed by atoms with van der Waals surface area (Å²) in [6.07, 6.45) is 3.42. The predicted molar refractivity (Wildman–Crippen MR) is 75.6 cm³/mol. The van der Waals surface area contributed by atoms with Crippen LogP contribution in [0.25, 0.3) is 0 Å². The SMILES string of the molecule is CCc1cc(CC(NN)c2ccc(Cl)nc2)n(C)n1. The van der Waals surface area contributed by atoms with Crippen LogP contribution in [0, 0.1) is 0 Å². The van der Waals surface area contributed by atoms with Gasteiger partial charge in [0.15, 0.2) is 0 Å². The molecule has 0 aliphatic rings. The largest absolute Gasteiger partial charge is 0.272 e. The number of nitrogens with two attached hydrogens (primary N) is 1. The minimum absolute atomic E-state index is 0.00938. The van der Waals surface area contributed by atoms with Crippen molar-refractivity contribution >= 4 is 11.6 Å². The summed E-state index contributed by atoms with van der Waals surface area (Å²) in [5.41, 5.74) is 6.04. The molecule has 19 heavy (non-hydrogen) atoms. The van der Waals surface area contributed by atoms with Crippen LogP contribution >= 0.6 is 11.6 Å². The fourth-order valence-corrected chi connectivity index (χ4v) is 2.12. The van der Waals surface area contributed by atoms with Gasteiger partial charge in [0, 0.05) is 25.4 Å². The third-order valence-electron chi connectivity index (χ3n) is 3.16. The Bertz CT molecular complexity index is 534. The van der Waals surface area contributed by atoms with E-state index in [0.717, 1.165) is 29.8 Å². The van der Waals surface area contributed by atoms with Gasteiger partial charge in [0.05, 0.1) is 11.7 Å². The minimum Gasteiger partial charge on any atom is -0.272 e. The first-order valence-electron chi connectivity index (χ1n) is 6.23. The average molecular weight is 280 g/mol. The van der Waals surface area contributed by atoms with E-state index in [1.165, 1.54) is 0 Å². The van der Waals surface area contributed by atoms with E-state index in [1.54, 1.807) is 12.3 Å². The van der Waals surface area contributed by atoms with E-state index in [-0.39, 0.29) is 6.04 Å². The van der Waals surface area contributed by atoms with Crippen LogP contribution in [0.4, 0.5) is 0 Å². The molecule has 1 unspecified atom stereocenters. The molecule has 0 aliphatic carbocycles. The highest BCUT2D eigenvalue weighted by Gasteiger charge is 2.14. The molecule has 2 aromatic rings. The number of hydrogen-bond acceptors (Lipinski definition) is 4. The lowest BCUT2D eigenvalue weighted by atomic mass is 10.0. The summed E-state index contributed by atoms with van der Waals surface area (Å²) >= 11 is 5.79. The summed E-state index contributed by atoms with van der Waals surface area (Å²) in [6.45, 7) is 2.09. The summed E-state index contributed by atoms with van der Waals surface area (Å²) in [4.78, 5) is 4.08. The molecule has 0 fully saturated rings. The van der Waals surface area contributed by atoms with Gasteiger partial charge in [0.25, 0.3) is 0 Å². The summed E-state index contributed by atoms with van der Waals surface area (Å²) in [5.74, 6) is 5.64. The van der Waals surface area contributed by atoms with Crippen LogP contribution in [-0.2, 0) is 19.9 Å². The van der Waals surface area contributed by atoms with Crippen molar-refractivity contribution in [3.05, 3.63) is 46.5 Å². The maximum atomic E-state index is 5.79. The Morgan fingerprint density at radius 3 is 2.79 bits per heavy atom. The molecule has 2 aromatic heterocycles. The van der Waals surface area contributed by atoms with Crippen LogP contribution in [-0.4, -0.2) is 14.8 Å². The smallest absolute Gasteiger partial charge is 0.129 e. The highest BCUT2D eigenvalue weighted by Crippen LogP contribution is 2.18. The molecule has 2 rings (SSSR count). The van der Waals surface area contributed by atoms with Gasteiger partial charge in [-0.05, 0) is 24.1 Å². The van der Waals surface area contributed by atoms with Crippen molar-refractivity contribution < 1.29 is 0 Å². The molecule has 5 nitrogen and oxygen atoms in total. The molecule has 102 valence electrons. The lowest BCUT2D eigenvalue weighted by Gasteiger charge is -2.15. The van der Waals surface area contributed by atoms with Gasteiger partial charge in [-0.15, -0.1) is 0 Å². The topological polar surface area (TPSA) is 68.8 Å². The number of rotatable bonds is 5. The lowest BCUT2D eigenvalue weighted by Crippen LogP contribution is -2.30. The van der Waals surface area contributed by atoms with Gasteiger partial charge in [-0.1, -0.05) is 24.6 Å². The minimum atomic E-state index is -0.00938. The van der Waals surface area contributed by atoms with Crippen molar-refractivity contribution in [1.82, 2.24) is 20.2 Å². The number of halogens is 1. The lowest BCUT2D eigenvalue weighted by molar-refractivity contribution is 0.528. The molecular formula is C13H18ClN5. The molecule has 3 N–H and O–H groups in total. The Balaban J connectivity index is 2.18. The Kier molecular flexibility index (Phi) is 4.52. The van der Waals surface area contributed by atoms with E-state index in [0.29, 0.717) is 5.15 Å². The number of aryl methyl sites for hydroxylation is 2. The monoisotopic (exact) mass is 279 g/mol. The van der Waals surface area contributed by atoms with E-state index < -0.39 is 0 Å². The third-order valence-corrected chi connectivity index (χ3v) is 3.38. The van der Waals surface area contributed by atoms with Crippen LogP contribution in [0.15, 0.2) is 24.4 Å². The van der Waals surface area contributed by atoms with Gasteiger partial charge in [-0.2, -0.15) is 5.10 Å². The van der Waals surface area contributed by atoms with Crippen molar-refractivity contribution in [3.63, 3.8) is 0 Å². The molecule has 0 radical (unpaired) electrons. The summed E-state index contributed by atoms with van der Waals surface area (Å²) < 4.78 is 1.90. The van der Waals surface area contributed by atoms with Crippen LogP contribution in [0.5, 0.6) is 0 Å². The van der Waals surface area contributed by atoms with Crippen molar-refractivity contribution in [2.45, 2.75) is 25.8 Å².